The zero-order chi connectivity index (χ0) is 67.5. The van der Waals surface area contributed by atoms with Crippen molar-refractivity contribution >= 4 is 80.5 Å². The van der Waals surface area contributed by atoms with Crippen molar-refractivity contribution in [2.24, 2.45) is 5.92 Å². The minimum absolute atomic E-state index is 0.0247. The smallest absolute Gasteiger partial charge is 0.409 e. The lowest BCUT2D eigenvalue weighted by atomic mass is 9.72. The van der Waals surface area contributed by atoms with E-state index in [1.807, 2.05) is 0 Å². The second kappa shape index (κ2) is 28.8. The fourth-order valence-electron chi connectivity index (χ4n) is 12.2. The molecule has 3 fully saturated rings. The maximum absolute atomic E-state index is 14.3. The van der Waals surface area contributed by atoms with E-state index in [1.165, 1.54) is 58.3 Å². The fraction of sp³-hybridized carbons (Fsp3) is 0.532. The Morgan fingerprint density at radius 3 is 2.20 bits per heavy atom. The average Bonchev–Trinajstić information content (AvgIpc) is 1.43. The van der Waals surface area contributed by atoms with Crippen LogP contribution in [0.2, 0.25) is 0 Å². The van der Waals surface area contributed by atoms with Crippen LogP contribution in [0, 0.1) is 5.92 Å². The molecule has 4 aliphatic heterocycles. The molecule has 0 spiro atoms. The van der Waals surface area contributed by atoms with E-state index in [2.05, 4.69) is 20.9 Å². The van der Waals surface area contributed by atoms with Crippen molar-refractivity contribution < 1.29 is 105 Å². The molecule has 0 bridgehead atoms. The molecule has 0 aromatic heterocycles. The SMILES string of the molecule is COc1cccc2c1C(=O)c1c(O)c3c(c(O)c1C2=O)C[C@@](O)(C(=O)COC(=O)N(C)CCN(C)C(=O)OCc1ccc(NC(=O)[C@H](C)NC(=O)[C@@H](NC(=O)CCCCCN2C(=O)C=C(Cl)S2(=O)=O)C(C)C)cc1)C[C@@H]3O[C@H]1C[C@H]2[C@H](O[C@@H]3[C@@H](OC)OCCN32)[C@H](C)O1. The number of aromatic hydroxyl groups is 2. The molecule has 4 heterocycles. The predicted molar refractivity (Wildman–Crippen MR) is 326 cm³/mol. The van der Waals surface area contributed by atoms with Crippen LogP contribution in [0.3, 0.4) is 0 Å². The van der Waals surface area contributed by atoms with Crippen LogP contribution in [0.25, 0.3) is 0 Å². The van der Waals surface area contributed by atoms with Crippen molar-refractivity contribution in [3.63, 3.8) is 0 Å². The number of phenolic OH excluding ortho intramolecular Hbond substituents is 2. The number of likely N-dealkylation sites (N-methyl/N-ethyl adjacent to an activating group) is 2. The Morgan fingerprint density at radius 1 is 0.860 bits per heavy atom. The third-order valence-corrected chi connectivity index (χ3v) is 19.6. The van der Waals surface area contributed by atoms with E-state index in [-0.39, 0.29) is 79.0 Å². The number of phenols is 2. The monoisotopic (exact) mass is 1340 g/mol. The summed E-state index contributed by atoms with van der Waals surface area (Å²) in [7, 11) is 1.56. The minimum atomic E-state index is -4.03. The molecule has 6 aliphatic rings. The third kappa shape index (κ3) is 14.6. The molecular weight excluding hydrogens is 1260 g/mol. The lowest BCUT2D eigenvalue weighted by Crippen LogP contribution is -2.55. The average molecular weight is 1340 g/mol. The van der Waals surface area contributed by atoms with Crippen LogP contribution in [-0.4, -0.2) is 218 Å². The number of methoxy groups -OCH3 is 2. The number of carbonyl (C=O) groups excluding carboxylic acids is 9. The van der Waals surface area contributed by atoms with Gasteiger partial charge in [0.05, 0.1) is 42.6 Å². The number of Topliss-reactive ketones (excluding diaryl/α,β-unsaturated/α-hetero) is 1. The first-order chi connectivity index (χ1) is 44.1. The number of hydrogen-bond donors (Lipinski definition) is 6. The molecule has 2 aliphatic carbocycles. The molecule has 3 aromatic rings. The summed E-state index contributed by atoms with van der Waals surface area (Å²) >= 11 is 5.64. The molecule has 504 valence electrons. The molecule has 0 unspecified atom stereocenters. The van der Waals surface area contributed by atoms with E-state index in [4.69, 9.17) is 49.5 Å². The number of morpholine rings is 1. The maximum atomic E-state index is 14.3. The molecule has 93 heavy (non-hydrogen) atoms. The molecule has 29 nitrogen and oxygen atoms in total. The molecule has 9 rings (SSSR count). The quantitative estimate of drug-likeness (QED) is 0.0432. The number of nitrogens with zero attached hydrogens (tertiary/aromatic N) is 4. The van der Waals surface area contributed by atoms with Gasteiger partial charge < -0.3 is 79.0 Å². The molecule has 3 saturated heterocycles. The van der Waals surface area contributed by atoms with Gasteiger partial charge in [0, 0.05) is 108 Å². The van der Waals surface area contributed by atoms with Crippen LogP contribution in [0.1, 0.15) is 121 Å². The highest BCUT2D eigenvalue weighted by atomic mass is 35.5. The lowest BCUT2D eigenvalue weighted by Gasteiger charge is -2.43. The van der Waals surface area contributed by atoms with E-state index in [0.29, 0.717) is 48.0 Å². The summed E-state index contributed by atoms with van der Waals surface area (Å²) < 4.78 is 71.3. The zero-order valence-electron chi connectivity index (χ0n) is 52.5. The Balaban J connectivity index is 0.750. The predicted octanol–water partition coefficient (Wildman–Crippen LogP) is 3.45. The number of hydrogen-bond acceptors (Lipinski definition) is 23. The molecule has 0 saturated carbocycles. The molecule has 3 aromatic carbocycles. The number of unbranched alkanes of at least 4 members (excludes halogenated alkanes) is 2. The molecule has 6 N–H and O–H groups in total. The van der Waals surface area contributed by atoms with Gasteiger partial charge in [-0.15, -0.1) is 0 Å². The Morgan fingerprint density at radius 2 is 1.55 bits per heavy atom. The van der Waals surface area contributed by atoms with Gasteiger partial charge in [0.1, 0.15) is 47.6 Å². The highest BCUT2D eigenvalue weighted by molar-refractivity contribution is 7.95. The van der Waals surface area contributed by atoms with Gasteiger partial charge in [0.2, 0.25) is 29.3 Å². The first-order valence-electron chi connectivity index (χ1n) is 30.3. The summed E-state index contributed by atoms with van der Waals surface area (Å²) in [4.78, 5) is 125. The summed E-state index contributed by atoms with van der Waals surface area (Å²) in [5.74, 6) is -6.83. The standard InChI is InChI=1S/C62H76ClN7O22S/c1-31(2)50(66-43(72)15-10-9-11-20-70-44(73)26-42(63)93(70,83)84)57(79)64-32(3)56(78)65-35-18-16-34(17-19-35)29-88-60(80)67(5)21-22-68(6)61(81)89-30-41(71)62(82)27-37-47(54(77)49-48(52(37)75)51(74)36-13-12-14-39(85-7)46(36)53(49)76)40(28-62)91-45-25-38-55(33(4)90-45)92-58-59(86-8)87-24-23-69(38)58/h12-14,16-19,26,31-33,38,40,45,50,55,58-59,75,77,82H,9-11,15,20-25,27-30H2,1-8H3,(H,64,79)(H,65,78)(H,66,72)/t32-,33-,38-,40-,45-,50-,55+,58+,59-,62-/m0/s1. The van der Waals surface area contributed by atoms with Crippen molar-refractivity contribution in [3.8, 4) is 17.2 Å². The van der Waals surface area contributed by atoms with E-state index >= 15 is 0 Å². The Labute approximate surface area is 540 Å². The maximum Gasteiger partial charge on any atom is 0.409 e. The number of ether oxygens (including phenoxy) is 8. The van der Waals surface area contributed by atoms with Gasteiger partial charge in [-0.05, 0) is 56.4 Å². The van der Waals surface area contributed by atoms with Crippen molar-refractivity contribution in [1.82, 2.24) is 29.6 Å². The molecule has 0 radical (unpaired) electrons. The van der Waals surface area contributed by atoms with Crippen molar-refractivity contribution in [2.45, 2.75) is 140 Å². The minimum Gasteiger partial charge on any atom is -0.507 e. The number of anilines is 1. The van der Waals surface area contributed by atoms with E-state index < -0.39 is 164 Å². The summed E-state index contributed by atoms with van der Waals surface area (Å²) in [6, 6.07) is 8.33. The van der Waals surface area contributed by atoms with Crippen molar-refractivity contribution in [2.75, 3.05) is 73.0 Å². The van der Waals surface area contributed by atoms with Crippen molar-refractivity contribution in [3.05, 3.63) is 91.8 Å². The first kappa shape index (κ1) is 69.5. The van der Waals surface area contributed by atoms with E-state index in [9.17, 15) is 66.9 Å². The third-order valence-electron chi connectivity index (χ3n) is 17.3. The number of benzene rings is 3. The van der Waals surface area contributed by atoms with E-state index in [0.717, 1.165) is 11.0 Å². The summed E-state index contributed by atoms with van der Waals surface area (Å²) in [5.41, 5.74) is -3.35. The molecule has 6 amide bonds. The number of nitrogens with one attached hydrogen (secondary N) is 3. The number of fused-ring (bicyclic) bond motifs is 6. The van der Waals surface area contributed by atoms with Crippen LogP contribution in [0.5, 0.6) is 17.2 Å². The van der Waals surface area contributed by atoms with Gasteiger partial charge in [-0.3, -0.25) is 38.5 Å². The largest absolute Gasteiger partial charge is 0.507 e. The van der Waals surface area contributed by atoms with Crippen LogP contribution < -0.4 is 20.7 Å². The van der Waals surface area contributed by atoms with Gasteiger partial charge in [0.15, 0.2) is 35.6 Å². The van der Waals surface area contributed by atoms with Gasteiger partial charge in [-0.1, -0.05) is 56.1 Å². The number of amides is 6. The Hall–Kier alpha value is -7.81. The Kier molecular flexibility index (Phi) is 21.5. The molecule has 31 heteroatoms. The van der Waals surface area contributed by atoms with Crippen LogP contribution in [0.4, 0.5) is 15.3 Å². The number of rotatable bonds is 24. The fourth-order valence-corrected chi connectivity index (χ4v) is 13.6. The van der Waals surface area contributed by atoms with Gasteiger partial charge >= 0.3 is 12.2 Å². The second-order valence-corrected chi connectivity index (χ2v) is 26.4. The van der Waals surface area contributed by atoms with Crippen molar-refractivity contribution in [1.29, 1.82) is 0 Å². The molecule has 10 atom stereocenters. The topological polar surface area (TPSA) is 371 Å². The highest BCUT2D eigenvalue weighted by Crippen LogP contribution is 2.53. The number of halogens is 1. The van der Waals surface area contributed by atoms with Crippen LogP contribution in [-0.2, 0) is 80.2 Å². The number of carbonyl (C=O) groups is 9. The summed E-state index contributed by atoms with van der Waals surface area (Å²) in [6.07, 6.45) is -5.83. The highest BCUT2D eigenvalue weighted by Gasteiger charge is 2.55. The Bertz CT molecular complexity index is 3590. The normalized spacial score (nSPS) is 24.2. The first-order valence-corrected chi connectivity index (χ1v) is 32.1. The summed E-state index contributed by atoms with van der Waals surface area (Å²) in [6.45, 7) is 6.07. The van der Waals surface area contributed by atoms with Gasteiger partial charge in [0.25, 0.3) is 15.9 Å². The second-order valence-electron chi connectivity index (χ2n) is 24.0. The molecular formula is C62H76ClN7O22S. The van der Waals surface area contributed by atoms with Gasteiger partial charge in [-0.25, -0.2) is 22.3 Å². The lowest BCUT2D eigenvalue weighted by molar-refractivity contribution is -0.256. The van der Waals surface area contributed by atoms with Gasteiger partial charge in [-0.2, -0.15) is 0 Å². The zero-order valence-corrected chi connectivity index (χ0v) is 54.0. The summed E-state index contributed by atoms with van der Waals surface area (Å²) in [5, 5.41) is 44.6. The number of aliphatic hydroxyl groups is 1. The van der Waals surface area contributed by atoms with E-state index in [1.54, 1.807) is 45.0 Å². The number of sulfonamides is 1. The number of ketones is 3. The van der Waals surface area contributed by atoms with Crippen LogP contribution >= 0.6 is 11.6 Å². The van der Waals surface area contributed by atoms with Crippen LogP contribution in [0.15, 0.2) is 52.9 Å².